The Labute approximate surface area is 186 Å². The number of halogens is 2. The first-order valence-corrected chi connectivity index (χ1v) is 10.6. The van der Waals surface area contributed by atoms with Gasteiger partial charge in [-0.05, 0) is 37.6 Å². The minimum Gasteiger partial charge on any atom is -0.319 e. The Kier molecular flexibility index (Phi) is 5.75. The van der Waals surface area contributed by atoms with Crippen LogP contribution >= 0.6 is 22.9 Å². The van der Waals surface area contributed by atoms with Gasteiger partial charge in [-0.3, -0.25) is 14.7 Å². The van der Waals surface area contributed by atoms with Crippen molar-refractivity contribution < 1.29 is 9.18 Å². The van der Waals surface area contributed by atoms with Crippen LogP contribution in [0, 0.1) is 19.7 Å². The van der Waals surface area contributed by atoms with Crippen molar-refractivity contribution in [3.8, 4) is 5.13 Å². The molecule has 2 aromatic heterocycles. The highest BCUT2D eigenvalue weighted by Crippen LogP contribution is 2.24. The molecule has 158 valence electrons. The van der Waals surface area contributed by atoms with Crippen molar-refractivity contribution in [2.75, 3.05) is 5.32 Å². The van der Waals surface area contributed by atoms with Crippen molar-refractivity contribution in [2.24, 2.45) is 0 Å². The predicted octanol–water partition coefficient (Wildman–Crippen LogP) is 4.87. The van der Waals surface area contributed by atoms with Gasteiger partial charge in [0, 0.05) is 22.7 Å². The van der Waals surface area contributed by atoms with Gasteiger partial charge in [-0.15, -0.1) is 0 Å². The fourth-order valence-electron chi connectivity index (χ4n) is 3.19. The summed E-state index contributed by atoms with van der Waals surface area (Å²) in [7, 11) is 0. The van der Waals surface area contributed by atoms with Crippen LogP contribution in [0.3, 0.4) is 0 Å². The van der Waals surface area contributed by atoms with Gasteiger partial charge < -0.3 is 5.32 Å². The molecule has 0 saturated heterocycles. The van der Waals surface area contributed by atoms with Crippen LogP contribution in [0.25, 0.3) is 5.13 Å². The first-order valence-electron chi connectivity index (χ1n) is 9.42. The van der Waals surface area contributed by atoms with E-state index in [1.165, 1.54) is 16.8 Å². The van der Waals surface area contributed by atoms with E-state index < -0.39 is 11.7 Å². The maximum atomic E-state index is 13.9. The van der Waals surface area contributed by atoms with E-state index in [0.717, 1.165) is 16.9 Å². The number of H-pyrrole nitrogens is 1. The second-order valence-electron chi connectivity index (χ2n) is 6.97. The van der Waals surface area contributed by atoms with Crippen molar-refractivity contribution in [1.29, 1.82) is 0 Å². The van der Waals surface area contributed by atoms with Crippen molar-refractivity contribution in [3.05, 3.63) is 97.1 Å². The van der Waals surface area contributed by atoms with Gasteiger partial charge in [0.2, 0.25) is 5.13 Å². The number of para-hydroxylation sites is 1. The number of amides is 1. The summed E-state index contributed by atoms with van der Waals surface area (Å²) >= 11 is 7.29. The average molecular weight is 457 g/mol. The third-order valence-electron chi connectivity index (χ3n) is 4.82. The molecule has 0 saturated carbocycles. The number of nitrogens with zero attached hydrogens (tertiary/aromatic N) is 2. The molecule has 0 atom stereocenters. The Morgan fingerprint density at radius 2 is 1.90 bits per heavy atom. The molecule has 0 aliphatic heterocycles. The van der Waals surface area contributed by atoms with Crippen molar-refractivity contribution in [2.45, 2.75) is 20.3 Å². The second kappa shape index (κ2) is 8.49. The number of rotatable bonds is 5. The molecule has 2 N–H and O–H groups in total. The fourth-order valence-corrected chi connectivity index (χ4v) is 4.31. The van der Waals surface area contributed by atoms with Crippen LogP contribution in [0.4, 0.5) is 10.1 Å². The lowest BCUT2D eigenvalue weighted by Crippen LogP contribution is -2.17. The second-order valence-corrected chi connectivity index (χ2v) is 8.35. The zero-order valence-corrected chi connectivity index (χ0v) is 18.3. The number of nitrogens with one attached hydrogen (secondary N) is 2. The van der Waals surface area contributed by atoms with Gasteiger partial charge in [0.15, 0.2) is 0 Å². The zero-order valence-electron chi connectivity index (χ0n) is 16.7. The highest BCUT2D eigenvalue weighted by atomic mass is 35.5. The average Bonchev–Trinajstić information content (AvgIpc) is 3.26. The van der Waals surface area contributed by atoms with E-state index in [9.17, 15) is 14.0 Å². The van der Waals surface area contributed by atoms with Crippen LogP contribution in [0.1, 0.15) is 32.2 Å². The standard InChI is InChI=1S/C22H18ClFN4O2S/c1-12-15(11-14-7-3-4-8-16(14)23)21(30)28(27-12)22-25-13(2)19(31-22)20(29)26-18-10-6-5-9-17(18)24/h3-10,27H,11H2,1-2H3,(H,26,29). The highest BCUT2D eigenvalue weighted by molar-refractivity contribution is 7.16. The number of aryl methyl sites for hydroxylation is 2. The predicted molar refractivity (Wildman–Crippen MR) is 120 cm³/mol. The molecule has 0 fully saturated rings. The molecule has 0 aliphatic carbocycles. The van der Waals surface area contributed by atoms with Gasteiger partial charge in [-0.2, -0.15) is 4.68 Å². The third kappa shape index (κ3) is 4.17. The zero-order chi connectivity index (χ0) is 22.1. The summed E-state index contributed by atoms with van der Waals surface area (Å²) in [4.78, 5) is 30.4. The lowest BCUT2D eigenvalue weighted by Gasteiger charge is -2.04. The Bertz CT molecular complexity index is 1340. The van der Waals surface area contributed by atoms with Gasteiger partial charge in [-0.1, -0.05) is 53.3 Å². The van der Waals surface area contributed by atoms with Crippen LogP contribution in [-0.4, -0.2) is 20.7 Å². The number of anilines is 1. The first kappa shape index (κ1) is 21.0. The van der Waals surface area contributed by atoms with Crippen LogP contribution in [-0.2, 0) is 6.42 Å². The number of carbonyl (C=O) groups excluding carboxylic acids is 1. The van der Waals surface area contributed by atoms with E-state index in [4.69, 9.17) is 11.6 Å². The number of aromatic amines is 1. The maximum Gasteiger partial charge on any atom is 0.277 e. The lowest BCUT2D eigenvalue weighted by molar-refractivity contribution is 0.102. The van der Waals surface area contributed by atoms with Crippen LogP contribution in [0.2, 0.25) is 5.02 Å². The minimum atomic E-state index is -0.529. The van der Waals surface area contributed by atoms with E-state index in [1.807, 2.05) is 18.2 Å². The van der Waals surface area contributed by atoms with E-state index in [-0.39, 0.29) is 11.2 Å². The molecular weight excluding hydrogens is 439 g/mol. The van der Waals surface area contributed by atoms with Gasteiger partial charge in [0.05, 0.1) is 11.4 Å². The molecule has 0 unspecified atom stereocenters. The number of hydrogen-bond donors (Lipinski definition) is 2. The molecule has 9 heteroatoms. The van der Waals surface area contributed by atoms with E-state index in [1.54, 1.807) is 32.0 Å². The van der Waals surface area contributed by atoms with Crippen molar-refractivity contribution in [1.82, 2.24) is 14.8 Å². The Morgan fingerprint density at radius 1 is 1.19 bits per heavy atom. The smallest absolute Gasteiger partial charge is 0.277 e. The largest absolute Gasteiger partial charge is 0.319 e. The first-order chi connectivity index (χ1) is 14.8. The van der Waals surface area contributed by atoms with E-state index in [2.05, 4.69) is 15.4 Å². The quantitative estimate of drug-likeness (QED) is 0.449. The molecule has 31 heavy (non-hydrogen) atoms. The van der Waals surface area contributed by atoms with Crippen LogP contribution in [0.15, 0.2) is 53.3 Å². The van der Waals surface area contributed by atoms with Crippen LogP contribution in [0.5, 0.6) is 0 Å². The molecule has 0 spiro atoms. The molecule has 2 heterocycles. The number of hydrogen-bond acceptors (Lipinski definition) is 4. The summed E-state index contributed by atoms with van der Waals surface area (Å²) in [5.74, 6) is -1.02. The van der Waals surface area contributed by atoms with Crippen LogP contribution < -0.4 is 10.9 Å². The van der Waals surface area contributed by atoms with Gasteiger partial charge >= 0.3 is 0 Å². The SMILES string of the molecule is Cc1nc(-n2[nH]c(C)c(Cc3ccccc3Cl)c2=O)sc1C(=O)Nc1ccccc1F. The Balaban J connectivity index is 1.64. The lowest BCUT2D eigenvalue weighted by atomic mass is 10.1. The highest BCUT2D eigenvalue weighted by Gasteiger charge is 2.21. The van der Waals surface area contributed by atoms with Gasteiger partial charge in [0.25, 0.3) is 11.5 Å². The van der Waals surface area contributed by atoms with Crippen molar-refractivity contribution in [3.63, 3.8) is 0 Å². The Morgan fingerprint density at radius 3 is 2.65 bits per heavy atom. The molecular formula is C22H18ClFN4O2S. The molecule has 1 amide bonds. The normalized spacial score (nSPS) is 11.0. The molecule has 0 bridgehead atoms. The summed E-state index contributed by atoms with van der Waals surface area (Å²) in [5.41, 5.74) is 2.37. The number of thiazole rings is 1. The molecule has 0 aliphatic rings. The summed E-state index contributed by atoms with van der Waals surface area (Å²) in [5, 5.41) is 6.49. The molecule has 6 nitrogen and oxygen atoms in total. The molecule has 0 radical (unpaired) electrons. The number of aromatic nitrogens is 3. The summed E-state index contributed by atoms with van der Waals surface area (Å²) in [6, 6.07) is 13.3. The van der Waals surface area contributed by atoms with Gasteiger partial charge in [0.1, 0.15) is 10.7 Å². The molecule has 4 rings (SSSR count). The Hall–Kier alpha value is -3.23. The summed E-state index contributed by atoms with van der Waals surface area (Å²) in [6.45, 7) is 3.47. The fraction of sp³-hybridized carbons (Fsp3) is 0.136. The molecule has 2 aromatic carbocycles. The third-order valence-corrected chi connectivity index (χ3v) is 6.33. The number of carbonyl (C=O) groups is 1. The van der Waals surface area contributed by atoms with E-state index in [0.29, 0.717) is 38.4 Å². The molecule has 4 aromatic rings. The van der Waals surface area contributed by atoms with Gasteiger partial charge in [-0.25, -0.2) is 9.37 Å². The summed E-state index contributed by atoms with van der Waals surface area (Å²) in [6.07, 6.45) is 0.374. The topological polar surface area (TPSA) is 79.8 Å². The summed E-state index contributed by atoms with van der Waals surface area (Å²) < 4.78 is 15.2. The number of benzene rings is 2. The monoisotopic (exact) mass is 456 g/mol. The maximum absolute atomic E-state index is 13.9. The minimum absolute atomic E-state index is 0.0803. The van der Waals surface area contributed by atoms with Crippen molar-refractivity contribution >= 4 is 34.5 Å². The van der Waals surface area contributed by atoms with E-state index >= 15 is 0 Å².